The summed E-state index contributed by atoms with van der Waals surface area (Å²) in [5.74, 6) is 1.13. The summed E-state index contributed by atoms with van der Waals surface area (Å²) in [5, 5.41) is 1.98. The smallest absolute Gasteiger partial charge is 0.243 e. The molecule has 32 heavy (non-hydrogen) atoms. The fourth-order valence-corrected chi connectivity index (χ4v) is 6.40. The van der Waals surface area contributed by atoms with Gasteiger partial charge in [0.15, 0.2) is 0 Å². The average Bonchev–Trinajstić information content (AvgIpc) is 3.58. The molecule has 166 valence electrons. The Morgan fingerprint density at radius 1 is 0.938 bits per heavy atom. The molecule has 0 N–H and O–H groups in total. The Morgan fingerprint density at radius 2 is 1.78 bits per heavy atom. The molecule has 3 aromatic rings. The monoisotopic (exact) mass is 450 g/mol. The Hall–Kier alpha value is -2.55. The normalized spacial score (nSPS) is 24.5. The number of nitrogens with zero attached hydrogens (tertiary/aromatic N) is 4. The molecule has 8 heteroatoms. The van der Waals surface area contributed by atoms with Gasteiger partial charge < -0.3 is 4.74 Å². The molecule has 2 aliphatic heterocycles. The molecular weight excluding hydrogens is 424 g/mol. The third-order valence-corrected chi connectivity index (χ3v) is 8.69. The first-order valence-electron chi connectivity index (χ1n) is 11.3. The van der Waals surface area contributed by atoms with E-state index in [1.165, 1.54) is 12.8 Å². The van der Waals surface area contributed by atoms with E-state index in [-0.39, 0.29) is 12.1 Å². The third kappa shape index (κ3) is 3.76. The highest BCUT2D eigenvalue weighted by Crippen LogP contribution is 2.38. The SMILES string of the molecule is O=S(=O)(c1ccc2ccccc2c1)N1CCN2C[C@H](Oc3cnc(C4CC4)cn3)C[C@H]2C1. The third-order valence-electron chi connectivity index (χ3n) is 6.83. The van der Waals surface area contributed by atoms with Crippen LogP contribution in [0.1, 0.15) is 30.9 Å². The number of rotatable bonds is 5. The molecule has 2 saturated heterocycles. The minimum Gasteiger partial charge on any atom is -0.472 e. The van der Waals surface area contributed by atoms with Gasteiger partial charge in [0.25, 0.3) is 0 Å². The molecule has 2 aromatic carbocycles. The lowest BCUT2D eigenvalue weighted by molar-refractivity contribution is 0.151. The molecule has 6 rings (SSSR count). The molecule has 1 saturated carbocycles. The van der Waals surface area contributed by atoms with E-state index in [0.29, 0.717) is 36.3 Å². The molecule has 0 amide bonds. The lowest BCUT2D eigenvalue weighted by atomic mass is 10.1. The van der Waals surface area contributed by atoms with Crippen molar-refractivity contribution in [2.24, 2.45) is 0 Å². The summed E-state index contributed by atoms with van der Waals surface area (Å²) in [6, 6.07) is 13.4. The minimum atomic E-state index is -3.53. The van der Waals surface area contributed by atoms with Crippen molar-refractivity contribution >= 4 is 20.8 Å². The van der Waals surface area contributed by atoms with Crippen molar-refractivity contribution in [1.82, 2.24) is 19.2 Å². The van der Waals surface area contributed by atoms with E-state index >= 15 is 0 Å². The van der Waals surface area contributed by atoms with Crippen LogP contribution in [-0.4, -0.2) is 65.9 Å². The molecule has 7 nitrogen and oxygen atoms in total. The molecule has 1 aromatic heterocycles. The number of aromatic nitrogens is 2. The van der Waals surface area contributed by atoms with E-state index in [1.807, 2.05) is 36.5 Å². The number of hydrogen-bond donors (Lipinski definition) is 0. The van der Waals surface area contributed by atoms with Crippen LogP contribution in [-0.2, 0) is 10.0 Å². The molecule has 3 heterocycles. The van der Waals surface area contributed by atoms with Gasteiger partial charge in [0, 0.05) is 44.6 Å². The van der Waals surface area contributed by atoms with Gasteiger partial charge in [0.2, 0.25) is 15.9 Å². The van der Waals surface area contributed by atoms with Gasteiger partial charge in [-0.25, -0.2) is 13.4 Å². The molecule has 0 unspecified atom stereocenters. The second kappa shape index (κ2) is 7.79. The Balaban J connectivity index is 1.13. The Bertz CT molecular complexity index is 1240. The number of sulfonamides is 1. The number of hydrogen-bond acceptors (Lipinski definition) is 6. The van der Waals surface area contributed by atoms with Gasteiger partial charge in [0.05, 0.1) is 23.0 Å². The van der Waals surface area contributed by atoms with Crippen LogP contribution in [0.4, 0.5) is 0 Å². The van der Waals surface area contributed by atoms with E-state index in [4.69, 9.17) is 4.74 Å². The Labute approximate surface area is 188 Å². The van der Waals surface area contributed by atoms with Gasteiger partial charge in [-0.3, -0.25) is 9.88 Å². The quantitative estimate of drug-likeness (QED) is 0.595. The summed E-state index contributed by atoms with van der Waals surface area (Å²) < 4.78 is 34.4. The van der Waals surface area contributed by atoms with Crippen LogP contribution < -0.4 is 4.74 Å². The Morgan fingerprint density at radius 3 is 2.56 bits per heavy atom. The summed E-state index contributed by atoms with van der Waals surface area (Å²) in [6.07, 6.45) is 6.74. The standard InChI is InChI=1S/C24H26N4O3S/c29-32(30,22-8-7-17-3-1-2-4-19(17)11-22)28-10-9-27-16-21(12-20(27)15-28)31-24-14-25-23(13-26-24)18-5-6-18/h1-4,7-8,11,13-14,18,20-21H,5-6,9-10,12,15-16H2/t20-,21+/m0/s1. The van der Waals surface area contributed by atoms with E-state index < -0.39 is 10.0 Å². The van der Waals surface area contributed by atoms with E-state index in [9.17, 15) is 8.42 Å². The van der Waals surface area contributed by atoms with Crippen LogP contribution in [0.25, 0.3) is 10.8 Å². The summed E-state index contributed by atoms with van der Waals surface area (Å²) in [6.45, 7) is 2.49. The number of ether oxygens (including phenoxy) is 1. The number of fused-ring (bicyclic) bond motifs is 2. The topological polar surface area (TPSA) is 75.6 Å². The lowest BCUT2D eigenvalue weighted by Gasteiger charge is -2.36. The fraction of sp³-hybridized carbons (Fsp3) is 0.417. The first-order chi connectivity index (χ1) is 15.6. The molecule has 1 aliphatic carbocycles. The second-order valence-electron chi connectivity index (χ2n) is 9.05. The molecule has 0 spiro atoms. The first-order valence-corrected chi connectivity index (χ1v) is 12.7. The molecule has 3 aliphatic rings. The zero-order valence-electron chi connectivity index (χ0n) is 17.8. The molecule has 0 radical (unpaired) electrons. The summed E-state index contributed by atoms with van der Waals surface area (Å²) in [7, 11) is -3.53. The van der Waals surface area contributed by atoms with Crippen molar-refractivity contribution in [3.8, 4) is 5.88 Å². The summed E-state index contributed by atoms with van der Waals surface area (Å²) in [4.78, 5) is 11.6. The van der Waals surface area contributed by atoms with Crippen LogP contribution in [0.2, 0.25) is 0 Å². The van der Waals surface area contributed by atoms with Gasteiger partial charge in [-0.2, -0.15) is 4.31 Å². The fourth-order valence-electron chi connectivity index (χ4n) is 4.90. The molecule has 0 bridgehead atoms. The molecule has 3 fully saturated rings. The van der Waals surface area contributed by atoms with Crippen molar-refractivity contribution in [3.05, 3.63) is 60.6 Å². The van der Waals surface area contributed by atoms with Crippen LogP contribution >= 0.6 is 0 Å². The van der Waals surface area contributed by atoms with Crippen LogP contribution in [0, 0.1) is 0 Å². The van der Waals surface area contributed by atoms with Crippen LogP contribution in [0.15, 0.2) is 59.8 Å². The number of benzene rings is 2. The maximum atomic E-state index is 13.3. The van der Waals surface area contributed by atoms with Crippen molar-refractivity contribution < 1.29 is 13.2 Å². The van der Waals surface area contributed by atoms with Crippen LogP contribution in [0.3, 0.4) is 0 Å². The lowest BCUT2D eigenvalue weighted by Crippen LogP contribution is -2.51. The maximum Gasteiger partial charge on any atom is 0.243 e. The second-order valence-corrected chi connectivity index (χ2v) is 11.0. The predicted molar refractivity (Wildman–Crippen MR) is 121 cm³/mol. The zero-order valence-corrected chi connectivity index (χ0v) is 18.6. The maximum absolute atomic E-state index is 13.3. The Kier molecular flexibility index (Phi) is 4.89. The van der Waals surface area contributed by atoms with E-state index in [1.54, 1.807) is 22.6 Å². The highest BCUT2D eigenvalue weighted by molar-refractivity contribution is 7.89. The minimum absolute atomic E-state index is 0.00407. The van der Waals surface area contributed by atoms with Crippen molar-refractivity contribution in [3.63, 3.8) is 0 Å². The van der Waals surface area contributed by atoms with E-state index in [2.05, 4.69) is 14.9 Å². The van der Waals surface area contributed by atoms with Crippen molar-refractivity contribution in [2.75, 3.05) is 26.2 Å². The highest BCUT2D eigenvalue weighted by Gasteiger charge is 2.41. The van der Waals surface area contributed by atoms with Crippen LogP contribution in [0.5, 0.6) is 5.88 Å². The largest absolute Gasteiger partial charge is 0.472 e. The van der Waals surface area contributed by atoms with Gasteiger partial charge >= 0.3 is 0 Å². The molecule has 2 atom stereocenters. The summed E-state index contributed by atoms with van der Waals surface area (Å²) >= 11 is 0. The number of piperazine rings is 1. The van der Waals surface area contributed by atoms with Crippen molar-refractivity contribution in [2.45, 2.75) is 42.2 Å². The average molecular weight is 451 g/mol. The van der Waals surface area contributed by atoms with Crippen molar-refractivity contribution in [1.29, 1.82) is 0 Å². The van der Waals surface area contributed by atoms with Gasteiger partial charge in [0.1, 0.15) is 6.10 Å². The first kappa shape index (κ1) is 20.1. The summed E-state index contributed by atoms with van der Waals surface area (Å²) in [5.41, 5.74) is 1.05. The van der Waals surface area contributed by atoms with E-state index in [0.717, 1.165) is 29.4 Å². The predicted octanol–water partition coefficient (Wildman–Crippen LogP) is 3.03. The zero-order chi connectivity index (χ0) is 21.7. The van der Waals surface area contributed by atoms with Gasteiger partial charge in [-0.05, 0) is 35.7 Å². The van der Waals surface area contributed by atoms with Gasteiger partial charge in [-0.15, -0.1) is 0 Å². The highest BCUT2D eigenvalue weighted by atomic mass is 32.2. The van der Waals surface area contributed by atoms with Gasteiger partial charge in [-0.1, -0.05) is 30.3 Å². The molecular formula is C24H26N4O3S.